The molecule has 0 atom stereocenters. The SMILES string of the molecule is Cc1nn(-c2ccc(F)cc2)c(Cl)c1/C=C(\C#N)C(=O)Nc1ccc(F)cc1. The molecule has 1 heterocycles. The Morgan fingerprint density at radius 2 is 1.71 bits per heavy atom. The van der Waals surface area contributed by atoms with Crippen molar-refractivity contribution in [3.63, 3.8) is 0 Å². The average Bonchev–Trinajstić information content (AvgIpc) is 2.96. The highest BCUT2D eigenvalue weighted by Gasteiger charge is 2.17. The van der Waals surface area contributed by atoms with Crippen LogP contribution in [0, 0.1) is 29.9 Å². The van der Waals surface area contributed by atoms with Crippen molar-refractivity contribution in [3.8, 4) is 11.8 Å². The van der Waals surface area contributed by atoms with Crippen LogP contribution in [0.4, 0.5) is 14.5 Å². The fourth-order valence-electron chi connectivity index (χ4n) is 2.45. The monoisotopic (exact) mass is 398 g/mol. The number of halogens is 3. The summed E-state index contributed by atoms with van der Waals surface area (Å²) in [6.07, 6.45) is 1.32. The van der Waals surface area contributed by atoms with Crippen molar-refractivity contribution in [1.82, 2.24) is 9.78 Å². The molecule has 0 aliphatic rings. The molecule has 8 heteroatoms. The molecule has 140 valence electrons. The van der Waals surface area contributed by atoms with E-state index in [1.165, 1.54) is 59.3 Å². The summed E-state index contributed by atoms with van der Waals surface area (Å²) in [5.41, 5.74) is 1.54. The summed E-state index contributed by atoms with van der Waals surface area (Å²) in [6.45, 7) is 1.67. The van der Waals surface area contributed by atoms with Gasteiger partial charge in [-0.1, -0.05) is 11.6 Å². The number of anilines is 1. The lowest BCUT2D eigenvalue weighted by molar-refractivity contribution is -0.112. The van der Waals surface area contributed by atoms with Gasteiger partial charge in [0, 0.05) is 11.3 Å². The zero-order chi connectivity index (χ0) is 20.3. The van der Waals surface area contributed by atoms with Crippen LogP contribution < -0.4 is 5.32 Å². The minimum Gasteiger partial charge on any atom is -0.321 e. The van der Waals surface area contributed by atoms with E-state index in [1.54, 1.807) is 6.92 Å². The number of nitrogens with one attached hydrogen (secondary N) is 1. The quantitative estimate of drug-likeness (QED) is 0.513. The minimum atomic E-state index is -0.667. The summed E-state index contributed by atoms with van der Waals surface area (Å²) in [6, 6.07) is 12.5. The summed E-state index contributed by atoms with van der Waals surface area (Å²) < 4.78 is 27.5. The van der Waals surface area contributed by atoms with Gasteiger partial charge in [-0.3, -0.25) is 4.79 Å². The maximum Gasteiger partial charge on any atom is 0.266 e. The number of amides is 1. The van der Waals surface area contributed by atoms with Crippen LogP contribution in [0.3, 0.4) is 0 Å². The van der Waals surface area contributed by atoms with Crippen LogP contribution in [0.25, 0.3) is 11.8 Å². The van der Waals surface area contributed by atoms with Crippen LogP contribution >= 0.6 is 11.6 Å². The van der Waals surface area contributed by atoms with Crippen molar-refractivity contribution < 1.29 is 13.6 Å². The van der Waals surface area contributed by atoms with Gasteiger partial charge in [0.1, 0.15) is 28.4 Å². The van der Waals surface area contributed by atoms with Crippen molar-refractivity contribution in [3.05, 3.63) is 82.1 Å². The molecule has 3 aromatic rings. The largest absolute Gasteiger partial charge is 0.321 e. The Labute approximate surface area is 164 Å². The zero-order valence-corrected chi connectivity index (χ0v) is 15.3. The highest BCUT2D eigenvalue weighted by Crippen LogP contribution is 2.26. The average molecular weight is 399 g/mol. The van der Waals surface area contributed by atoms with Gasteiger partial charge in [0.25, 0.3) is 5.91 Å². The van der Waals surface area contributed by atoms with Crippen molar-refractivity contribution in [2.45, 2.75) is 6.92 Å². The molecule has 28 heavy (non-hydrogen) atoms. The smallest absolute Gasteiger partial charge is 0.266 e. The molecule has 0 aliphatic carbocycles. The van der Waals surface area contributed by atoms with Gasteiger partial charge in [-0.05, 0) is 61.5 Å². The van der Waals surface area contributed by atoms with Crippen molar-refractivity contribution in [2.24, 2.45) is 0 Å². The normalized spacial score (nSPS) is 11.2. The second-order valence-corrected chi connectivity index (χ2v) is 6.17. The first kappa shape index (κ1) is 19.3. The third-order valence-corrected chi connectivity index (χ3v) is 4.24. The summed E-state index contributed by atoms with van der Waals surface area (Å²) in [4.78, 5) is 12.4. The summed E-state index contributed by atoms with van der Waals surface area (Å²) in [5.74, 6) is -1.50. The van der Waals surface area contributed by atoms with Gasteiger partial charge in [0.2, 0.25) is 0 Å². The number of hydrogen-bond donors (Lipinski definition) is 1. The zero-order valence-electron chi connectivity index (χ0n) is 14.6. The van der Waals surface area contributed by atoms with Crippen LogP contribution in [0.2, 0.25) is 5.15 Å². The molecule has 0 unspecified atom stereocenters. The van der Waals surface area contributed by atoms with E-state index >= 15 is 0 Å². The number of hydrogen-bond acceptors (Lipinski definition) is 3. The fraction of sp³-hybridized carbons (Fsp3) is 0.0500. The number of nitriles is 1. The molecule has 0 fully saturated rings. The lowest BCUT2D eigenvalue weighted by Crippen LogP contribution is -2.13. The van der Waals surface area contributed by atoms with E-state index in [4.69, 9.17) is 11.6 Å². The second kappa shape index (κ2) is 8.03. The summed E-state index contributed by atoms with van der Waals surface area (Å²) >= 11 is 6.37. The van der Waals surface area contributed by atoms with Gasteiger partial charge >= 0.3 is 0 Å². The van der Waals surface area contributed by atoms with Gasteiger partial charge in [-0.2, -0.15) is 10.4 Å². The van der Waals surface area contributed by atoms with E-state index in [9.17, 15) is 18.8 Å². The van der Waals surface area contributed by atoms with E-state index < -0.39 is 17.5 Å². The lowest BCUT2D eigenvalue weighted by Gasteiger charge is -2.04. The van der Waals surface area contributed by atoms with E-state index in [0.29, 0.717) is 22.6 Å². The number of aromatic nitrogens is 2. The topological polar surface area (TPSA) is 70.7 Å². The third-order valence-electron chi connectivity index (χ3n) is 3.88. The Morgan fingerprint density at radius 3 is 2.29 bits per heavy atom. The number of carbonyl (C=O) groups excluding carboxylic acids is 1. The highest BCUT2D eigenvalue weighted by atomic mass is 35.5. The van der Waals surface area contributed by atoms with Crippen molar-refractivity contribution >= 4 is 29.3 Å². The molecular weight excluding hydrogens is 386 g/mol. The fourth-order valence-corrected chi connectivity index (χ4v) is 2.78. The Hall–Kier alpha value is -3.50. The standard InChI is InChI=1S/C20H13ClF2N4O/c1-12-18(19(21)27(26-12)17-8-4-15(23)5-9-17)10-13(11-24)20(28)25-16-6-2-14(22)3-7-16/h2-10H,1H3,(H,25,28)/b13-10+. The number of aryl methyl sites for hydroxylation is 1. The predicted molar refractivity (Wildman–Crippen MR) is 102 cm³/mol. The van der Waals surface area contributed by atoms with Crippen molar-refractivity contribution in [2.75, 3.05) is 5.32 Å². The number of rotatable bonds is 4. The summed E-state index contributed by atoms with van der Waals surface area (Å²) in [5, 5.41) is 16.3. The van der Waals surface area contributed by atoms with E-state index in [0.717, 1.165) is 0 Å². The first-order chi connectivity index (χ1) is 13.4. The Bertz CT molecular complexity index is 1100. The first-order valence-electron chi connectivity index (χ1n) is 8.09. The second-order valence-electron chi connectivity index (χ2n) is 5.81. The predicted octanol–water partition coefficient (Wildman–Crippen LogP) is 4.66. The van der Waals surface area contributed by atoms with Gasteiger partial charge in [-0.25, -0.2) is 13.5 Å². The minimum absolute atomic E-state index is 0.173. The molecule has 2 aromatic carbocycles. The number of carbonyl (C=O) groups is 1. The van der Waals surface area contributed by atoms with E-state index in [2.05, 4.69) is 10.4 Å². The highest BCUT2D eigenvalue weighted by molar-refractivity contribution is 6.31. The van der Waals surface area contributed by atoms with Gasteiger partial charge in [0.15, 0.2) is 0 Å². The molecule has 5 nitrogen and oxygen atoms in total. The molecule has 0 saturated heterocycles. The Morgan fingerprint density at radius 1 is 1.14 bits per heavy atom. The first-order valence-corrected chi connectivity index (χ1v) is 8.46. The van der Waals surface area contributed by atoms with Gasteiger partial charge in [0.05, 0.1) is 11.4 Å². The lowest BCUT2D eigenvalue weighted by atomic mass is 10.1. The van der Waals surface area contributed by atoms with Crippen LogP contribution in [0.1, 0.15) is 11.3 Å². The molecule has 3 rings (SSSR count). The summed E-state index contributed by atoms with van der Waals surface area (Å²) in [7, 11) is 0. The van der Waals surface area contributed by atoms with Crippen LogP contribution in [0.15, 0.2) is 54.1 Å². The molecule has 1 N–H and O–H groups in total. The molecular formula is C20H13ClF2N4O. The molecule has 0 aliphatic heterocycles. The molecule has 1 aromatic heterocycles. The molecule has 0 spiro atoms. The van der Waals surface area contributed by atoms with Crippen LogP contribution in [-0.4, -0.2) is 15.7 Å². The number of benzene rings is 2. The van der Waals surface area contributed by atoms with Crippen molar-refractivity contribution in [1.29, 1.82) is 5.26 Å². The molecule has 0 radical (unpaired) electrons. The van der Waals surface area contributed by atoms with Gasteiger partial charge in [-0.15, -0.1) is 0 Å². The Kier molecular flexibility index (Phi) is 5.52. The third kappa shape index (κ3) is 4.08. The van der Waals surface area contributed by atoms with E-state index in [-0.39, 0.29) is 10.7 Å². The van der Waals surface area contributed by atoms with E-state index in [1.807, 2.05) is 6.07 Å². The maximum atomic E-state index is 13.1. The number of nitrogens with zero attached hydrogens (tertiary/aromatic N) is 3. The van der Waals surface area contributed by atoms with Gasteiger partial charge < -0.3 is 5.32 Å². The maximum absolute atomic E-state index is 13.1. The van der Waals surface area contributed by atoms with Crippen LogP contribution in [0.5, 0.6) is 0 Å². The Balaban J connectivity index is 1.92. The van der Waals surface area contributed by atoms with Crippen LogP contribution in [-0.2, 0) is 4.79 Å². The molecule has 0 saturated carbocycles. The molecule has 0 bridgehead atoms. The molecule has 1 amide bonds.